The van der Waals surface area contributed by atoms with Crippen molar-refractivity contribution in [2.75, 3.05) is 12.0 Å². The van der Waals surface area contributed by atoms with Crippen LogP contribution in [0.1, 0.15) is 42.7 Å². The maximum absolute atomic E-state index is 13.2. The van der Waals surface area contributed by atoms with Gasteiger partial charge in [0.1, 0.15) is 5.75 Å². The molecule has 7 heteroatoms. The first-order chi connectivity index (χ1) is 14.3. The van der Waals surface area contributed by atoms with Crippen molar-refractivity contribution in [1.29, 1.82) is 0 Å². The number of hydrogen-bond acceptors (Lipinski definition) is 3. The minimum atomic E-state index is -4.51. The van der Waals surface area contributed by atoms with Crippen LogP contribution in [0, 0.1) is 0 Å². The fourth-order valence-corrected chi connectivity index (χ4v) is 4.23. The number of nitrogens with zero attached hydrogens (tertiary/aromatic N) is 1. The maximum Gasteiger partial charge on any atom is 0.416 e. The third-order valence-electron chi connectivity index (χ3n) is 5.63. The Morgan fingerprint density at radius 2 is 1.77 bits per heavy atom. The van der Waals surface area contributed by atoms with Crippen molar-refractivity contribution < 1.29 is 27.5 Å². The van der Waals surface area contributed by atoms with E-state index in [1.165, 1.54) is 17.0 Å². The second kappa shape index (κ2) is 7.63. The van der Waals surface area contributed by atoms with E-state index in [0.717, 1.165) is 17.7 Å². The molecule has 0 fully saturated rings. The number of allylic oxidation sites excluding steroid dienone is 2. The van der Waals surface area contributed by atoms with Crippen molar-refractivity contribution >= 4 is 17.4 Å². The van der Waals surface area contributed by atoms with Crippen LogP contribution >= 0.6 is 0 Å². The fraction of sp³-hybridized carbons (Fsp3) is 0.304. The predicted octanol–water partition coefficient (Wildman–Crippen LogP) is 5.24. The average Bonchev–Trinajstić information content (AvgIpc) is 2.73. The molecule has 0 saturated carbocycles. The SMILES string of the molecule is COc1ccc(C2CC(=O)N(c3cccc(C(F)(F)F)c3)C3=C2C(=O)CCC3)cc1. The summed E-state index contributed by atoms with van der Waals surface area (Å²) in [6.07, 6.45) is -3.09. The number of amides is 1. The van der Waals surface area contributed by atoms with Crippen molar-refractivity contribution in [1.82, 2.24) is 0 Å². The number of ketones is 1. The fourth-order valence-electron chi connectivity index (χ4n) is 4.23. The lowest BCUT2D eigenvalue weighted by molar-refractivity contribution is -0.137. The van der Waals surface area contributed by atoms with Crippen LogP contribution in [-0.4, -0.2) is 18.8 Å². The molecule has 0 N–H and O–H groups in total. The Balaban J connectivity index is 1.81. The van der Waals surface area contributed by atoms with Crippen LogP contribution in [0.25, 0.3) is 0 Å². The largest absolute Gasteiger partial charge is 0.497 e. The Hall–Kier alpha value is -3.09. The van der Waals surface area contributed by atoms with E-state index in [1.54, 1.807) is 19.2 Å². The summed E-state index contributed by atoms with van der Waals surface area (Å²) in [6, 6.07) is 11.9. The number of ether oxygens (including phenoxy) is 1. The highest BCUT2D eigenvalue weighted by molar-refractivity contribution is 6.07. The molecule has 2 aromatic rings. The number of carbonyl (C=O) groups is 2. The zero-order valence-electron chi connectivity index (χ0n) is 16.3. The lowest BCUT2D eigenvalue weighted by Gasteiger charge is -2.38. The Labute approximate surface area is 171 Å². The molecule has 0 spiro atoms. The van der Waals surface area contributed by atoms with E-state index in [1.807, 2.05) is 12.1 Å². The van der Waals surface area contributed by atoms with Gasteiger partial charge >= 0.3 is 6.18 Å². The zero-order valence-corrected chi connectivity index (χ0v) is 16.3. The lowest BCUT2D eigenvalue weighted by Crippen LogP contribution is -2.40. The van der Waals surface area contributed by atoms with Gasteiger partial charge in [-0.2, -0.15) is 13.2 Å². The van der Waals surface area contributed by atoms with E-state index >= 15 is 0 Å². The minimum Gasteiger partial charge on any atom is -0.497 e. The number of benzene rings is 2. The van der Waals surface area contributed by atoms with E-state index in [0.29, 0.717) is 36.3 Å². The van der Waals surface area contributed by atoms with Crippen LogP contribution in [0.15, 0.2) is 59.8 Å². The smallest absolute Gasteiger partial charge is 0.416 e. The summed E-state index contributed by atoms with van der Waals surface area (Å²) in [5.74, 6) is -0.117. The van der Waals surface area contributed by atoms with Gasteiger partial charge in [-0.05, 0) is 48.7 Å². The van der Waals surface area contributed by atoms with Crippen molar-refractivity contribution in [2.45, 2.75) is 37.8 Å². The monoisotopic (exact) mass is 415 g/mol. The predicted molar refractivity (Wildman–Crippen MR) is 105 cm³/mol. The summed E-state index contributed by atoms with van der Waals surface area (Å²) < 4.78 is 44.8. The number of anilines is 1. The van der Waals surface area contributed by atoms with Gasteiger partial charge in [0, 0.05) is 35.7 Å². The first-order valence-corrected chi connectivity index (χ1v) is 9.70. The highest BCUT2D eigenvalue weighted by Crippen LogP contribution is 2.44. The topological polar surface area (TPSA) is 46.6 Å². The van der Waals surface area contributed by atoms with Crippen LogP contribution in [0.5, 0.6) is 5.75 Å². The Morgan fingerprint density at radius 1 is 1.03 bits per heavy atom. The van der Waals surface area contributed by atoms with Crippen molar-refractivity contribution in [3.8, 4) is 5.75 Å². The average molecular weight is 415 g/mol. The molecule has 156 valence electrons. The van der Waals surface area contributed by atoms with Gasteiger partial charge in [0.05, 0.1) is 12.7 Å². The van der Waals surface area contributed by atoms with Crippen molar-refractivity contribution in [3.05, 3.63) is 70.9 Å². The molecule has 4 nitrogen and oxygen atoms in total. The zero-order chi connectivity index (χ0) is 21.5. The third-order valence-corrected chi connectivity index (χ3v) is 5.63. The van der Waals surface area contributed by atoms with Crippen LogP contribution in [0.3, 0.4) is 0 Å². The molecule has 1 aliphatic carbocycles. The van der Waals surface area contributed by atoms with E-state index in [9.17, 15) is 22.8 Å². The van der Waals surface area contributed by atoms with Crippen LogP contribution in [0.4, 0.5) is 18.9 Å². The molecule has 1 atom stereocenters. The molecule has 0 aromatic heterocycles. The van der Waals surface area contributed by atoms with Gasteiger partial charge in [0.15, 0.2) is 5.78 Å². The number of rotatable bonds is 3. The summed E-state index contributed by atoms with van der Waals surface area (Å²) in [5.41, 5.74) is 1.18. The van der Waals surface area contributed by atoms with Gasteiger partial charge in [-0.3, -0.25) is 14.5 Å². The molecule has 1 aliphatic heterocycles. The first kappa shape index (κ1) is 20.2. The van der Waals surface area contributed by atoms with Crippen molar-refractivity contribution in [2.24, 2.45) is 0 Å². The molecule has 1 amide bonds. The molecular formula is C23H20F3NO3. The molecular weight excluding hydrogens is 395 g/mol. The van der Waals surface area contributed by atoms with Crippen molar-refractivity contribution in [3.63, 3.8) is 0 Å². The number of halogens is 3. The highest BCUT2D eigenvalue weighted by Gasteiger charge is 2.40. The first-order valence-electron chi connectivity index (χ1n) is 9.70. The van der Waals surface area contributed by atoms with E-state index in [2.05, 4.69) is 0 Å². The second-order valence-electron chi connectivity index (χ2n) is 7.44. The number of methoxy groups -OCH3 is 1. The molecule has 2 aromatic carbocycles. The normalized spacial score (nSPS) is 19.7. The van der Waals surface area contributed by atoms with Gasteiger partial charge < -0.3 is 4.74 Å². The summed E-state index contributed by atoms with van der Waals surface area (Å²) in [4.78, 5) is 27.3. The molecule has 1 unspecified atom stereocenters. The number of alkyl halides is 3. The summed E-state index contributed by atoms with van der Waals surface area (Å²) in [5, 5.41) is 0. The number of hydrogen-bond donors (Lipinski definition) is 0. The van der Waals surface area contributed by atoms with Gasteiger partial charge in [-0.1, -0.05) is 18.2 Å². The molecule has 1 heterocycles. The Bertz CT molecular complexity index is 1020. The molecule has 0 saturated heterocycles. The van der Waals surface area contributed by atoms with Crippen LogP contribution < -0.4 is 9.64 Å². The molecule has 4 rings (SSSR count). The molecule has 0 bridgehead atoms. The Morgan fingerprint density at radius 3 is 2.43 bits per heavy atom. The third kappa shape index (κ3) is 3.60. The van der Waals surface area contributed by atoms with Crippen LogP contribution in [0.2, 0.25) is 0 Å². The number of Topliss-reactive ketones (excluding diaryl/α,β-unsaturated/α-hetero) is 1. The highest BCUT2D eigenvalue weighted by atomic mass is 19.4. The van der Waals surface area contributed by atoms with E-state index in [-0.39, 0.29) is 23.8 Å². The summed E-state index contributed by atoms with van der Waals surface area (Å²) in [6.45, 7) is 0. The second-order valence-corrected chi connectivity index (χ2v) is 7.44. The van der Waals surface area contributed by atoms with Gasteiger partial charge in [-0.15, -0.1) is 0 Å². The standard InChI is InChI=1S/C23H20F3NO3/c1-30-17-10-8-14(9-11-17)18-13-21(29)27(19-6-3-7-20(28)22(18)19)16-5-2-4-15(12-16)23(24,25)26/h2,4-5,8-12,18H,3,6-7,13H2,1H3. The van der Waals surface area contributed by atoms with Gasteiger partial charge in [0.2, 0.25) is 5.91 Å². The minimum absolute atomic E-state index is 0.0210. The van der Waals surface area contributed by atoms with Gasteiger partial charge in [-0.25, -0.2) is 0 Å². The van der Waals surface area contributed by atoms with E-state index < -0.39 is 17.7 Å². The Kier molecular flexibility index (Phi) is 5.13. The molecule has 2 aliphatic rings. The number of carbonyl (C=O) groups excluding carboxylic acids is 2. The quantitative estimate of drug-likeness (QED) is 0.689. The molecule has 0 radical (unpaired) electrons. The molecule has 30 heavy (non-hydrogen) atoms. The summed E-state index contributed by atoms with van der Waals surface area (Å²) >= 11 is 0. The maximum atomic E-state index is 13.2. The lowest BCUT2D eigenvalue weighted by atomic mass is 9.77. The van der Waals surface area contributed by atoms with E-state index in [4.69, 9.17) is 4.74 Å². The summed E-state index contributed by atoms with van der Waals surface area (Å²) in [7, 11) is 1.55. The van der Waals surface area contributed by atoms with Gasteiger partial charge in [0.25, 0.3) is 0 Å². The van der Waals surface area contributed by atoms with Crippen LogP contribution in [-0.2, 0) is 15.8 Å².